The number of piperidine rings is 1. The van der Waals surface area contributed by atoms with E-state index >= 15 is 0 Å². The summed E-state index contributed by atoms with van der Waals surface area (Å²) in [6.07, 6.45) is 4.44. The number of benzene rings is 1. The summed E-state index contributed by atoms with van der Waals surface area (Å²) in [5, 5.41) is 10.7. The zero-order chi connectivity index (χ0) is 13.9. The molecule has 1 aliphatic heterocycles. The lowest BCUT2D eigenvalue weighted by Gasteiger charge is -2.42. The molecule has 110 valence electrons. The lowest BCUT2D eigenvalue weighted by molar-refractivity contribution is -0.0255. The summed E-state index contributed by atoms with van der Waals surface area (Å²) in [7, 11) is 0. The predicted octanol–water partition coefficient (Wildman–Crippen LogP) is 2.54. The van der Waals surface area contributed by atoms with Gasteiger partial charge >= 0.3 is 0 Å². The minimum absolute atomic E-state index is 0.285. The molecular formula is C17H25NO2. The predicted molar refractivity (Wildman–Crippen MR) is 79.7 cm³/mol. The second-order valence-electron chi connectivity index (χ2n) is 5.94. The second-order valence-corrected chi connectivity index (χ2v) is 5.94. The van der Waals surface area contributed by atoms with Crippen LogP contribution in [-0.2, 0) is 11.2 Å². The molecule has 2 atom stereocenters. The van der Waals surface area contributed by atoms with Crippen molar-refractivity contribution in [2.45, 2.75) is 50.9 Å². The molecule has 3 nitrogen and oxygen atoms in total. The molecule has 3 heteroatoms. The number of aliphatic hydroxyl groups is 1. The number of hydrogen-bond acceptors (Lipinski definition) is 3. The monoisotopic (exact) mass is 275 g/mol. The maximum Gasteiger partial charge on any atom is 0.0947 e. The fraction of sp³-hybridized carbons (Fsp3) is 0.647. The van der Waals surface area contributed by atoms with Gasteiger partial charge in [0.15, 0.2) is 0 Å². The second kappa shape index (κ2) is 6.25. The van der Waals surface area contributed by atoms with Crippen LogP contribution >= 0.6 is 0 Å². The molecule has 3 rings (SSSR count). The van der Waals surface area contributed by atoms with Crippen LogP contribution in [0.2, 0.25) is 0 Å². The molecule has 2 unspecified atom stereocenters. The van der Waals surface area contributed by atoms with Gasteiger partial charge in [-0.1, -0.05) is 24.3 Å². The van der Waals surface area contributed by atoms with Crippen molar-refractivity contribution in [3.8, 4) is 0 Å². The first-order chi connectivity index (χ1) is 9.79. The first kappa shape index (κ1) is 14.1. The molecule has 1 fully saturated rings. The van der Waals surface area contributed by atoms with Crippen molar-refractivity contribution in [2.75, 3.05) is 19.7 Å². The molecule has 2 aliphatic rings. The summed E-state index contributed by atoms with van der Waals surface area (Å²) in [5.41, 5.74) is 2.45. The number of aliphatic hydroxyl groups excluding tert-OH is 1. The van der Waals surface area contributed by atoms with Crippen LogP contribution in [0.25, 0.3) is 0 Å². The third kappa shape index (κ3) is 2.76. The van der Waals surface area contributed by atoms with Crippen molar-refractivity contribution in [1.29, 1.82) is 0 Å². The highest BCUT2D eigenvalue weighted by molar-refractivity contribution is 5.32. The van der Waals surface area contributed by atoms with Gasteiger partial charge in [0.05, 0.1) is 12.2 Å². The van der Waals surface area contributed by atoms with E-state index in [1.807, 2.05) is 6.07 Å². The molecule has 0 radical (unpaired) electrons. The van der Waals surface area contributed by atoms with Crippen molar-refractivity contribution >= 4 is 0 Å². The number of rotatable bonds is 3. The third-order valence-corrected chi connectivity index (χ3v) is 4.80. The lowest BCUT2D eigenvalue weighted by atomic mass is 9.84. The minimum atomic E-state index is -0.330. The first-order valence-corrected chi connectivity index (χ1v) is 7.91. The number of aryl methyl sites for hydroxylation is 1. The number of fused-ring (bicyclic) bond motifs is 1. The highest BCUT2D eigenvalue weighted by Crippen LogP contribution is 2.34. The Hall–Kier alpha value is -0.900. The van der Waals surface area contributed by atoms with E-state index in [1.165, 1.54) is 5.56 Å². The van der Waals surface area contributed by atoms with E-state index in [0.717, 1.165) is 50.9 Å². The quantitative estimate of drug-likeness (QED) is 0.920. The Labute approximate surface area is 121 Å². The average Bonchev–Trinajstić information content (AvgIpc) is 2.49. The molecular weight excluding hydrogens is 250 g/mol. The Kier molecular flexibility index (Phi) is 4.39. The maximum absolute atomic E-state index is 10.7. The Bertz CT molecular complexity index is 440. The Morgan fingerprint density at radius 2 is 1.95 bits per heavy atom. The van der Waals surface area contributed by atoms with E-state index < -0.39 is 0 Å². The number of hydrogen-bond donors (Lipinski definition) is 1. The summed E-state index contributed by atoms with van der Waals surface area (Å²) in [6.45, 7) is 4.97. The molecule has 20 heavy (non-hydrogen) atoms. The topological polar surface area (TPSA) is 32.7 Å². The van der Waals surface area contributed by atoms with E-state index in [4.69, 9.17) is 4.74 Å². The van der Waals surface area contributed by atoms with Crippen LogP contribution in [0.1, 0.15) is 43.4 Å². The Morgan fingerprint density at radius 1 is 1.20 bits per heavy atom. The molecule has 0 bridgehead atoms. The van der Waals surface area contributed by atoms with Gasteiger partial charge < -0.3 is 9.84 Å². The van der Waals surface area contributed by atoms with E-state index in [-0.39, 0.29) is 12.1 Å². The normalized spacial score (nSPS) is 28.3. The number of likely N-dealkylation sites (tertiary alicyclic amines) is 1. The van der Waals surface area contributed by atoms with Gasteiger partial charge in [-0.2, -0.15) is 0 Å². The SMILES string of the molecule is CCOC1CCN(C2CCc3ccccc3C2O)CC1. The van der Waals surface area contributed by atoms with Gasteiger partial charge in [0.25, 0.3) is 0 Å². The van der Waals surface area contributed by atoms with Crippen molar-refractivity contribution in [3.05, 3.63) is 35.4 Å². The van der Waals surface area contributed by atoms with Gasteiger partial charge in [0.2, 0.25) is 0 Å². The highest BCUT2D eigenvalue weighted by Gasteiger charge is 2.34. The van der Waals surface area contributed by atoms with E-state index in [2.05, 4.69) is 30.0 Å². The Balaban J connectivity index is 1.65. The summed E-state index contributed by atoms with van der Waals surface area (Å²) in [4.78, 5) is 2.47. The van der Waals surface area contributed by atoms with Crippen LogP contribution in [0.4, 0.5) is 0 Å². The molecule has 1 aromatic carbocycles. The van der Waals surface area contributed by atoms with Gasteiger partial charge in [0, 0.05) is 25.7 Å². The summed E-state index contributed by atoms with van der Waals surface area (Å²) in [5.74, 6) is 0. The molecule has 0 amide bonds. The lowest BCUT2D eigenvalue weighted by Crippen LogP contribution is -2.47. The van der Waals surface area contributed by atoms with E-state index in [1.54, 1.807) is 0 Å². The third-order valence-electron chi connectivity index (χ3n) is 4.80. The average molecular weight is 275 g/mol. The van der Waals surface area contributed by atoms with Crippen molar-refractivity contribution in [2.24, 2.45) is 0 Å². The summed E-state index contributed by atoms with van der Waals surface area (Å²) >= 11 is 0. The Morgan fingerprint density at radius 3 is 2.70 bits per heavy atom. The van der Waals surface area contributed by atoms with Crippen LogP contribution in [0, 0.1) is 0 Å². The van der Waals surface area contributed by atoms with Crippen molar-refractivity contribution in [1.82, 2.24) is 4.90 Å². The van der Waals surface area contributed by atoms with Crippen LogP contribution in [-0.4, -0.2) is 41.8 Å². The standard InChI is InChI=1S/C17H25NO2/c1-2-20-14-9-11-18(12-10-14)16-8-7-13-5-3-4-6-15(13)17(16)19/h3-6,14,16-17,19H,2,7-12H2,1H3. The molecule has 1 aliphatic carbocycles. The van der Waals surface area contributed by atoms with Gasteiger partial charge in [-0.25, -0.2) is 0 Å². The van der Waals surface area contributed by atoms with Crippen molar-refractivity contribution < 1.29 is 9.84 Å². The first-order valence-electron chi connectivity index (χ1n) is 7.91. The van der Waals surface area contributed by atoms with Crippen LogP contribution in [0.5, 0.6) is 0 Å². The molecule has 0 saturated carbocycles. The van der Waals surface area contributed by atoms with Crippen LogP contribution < -0.4 is 0 Å². The maximum atomic E-state index is 10.7. The largest absolute Gasteiger partial charge is 0.387 e. The molecule has 0 aromatic heterocycles. The zero-order valence-electron chi connectivity index (χ0n) is 12.3. The van der Waals surface area contributed by atoms with Crippen molar-refractivity contribution in [3.63, 3.8) is 0 Å². The van der Waals surface area contributed by atoms with Crippen LogP contribution in [0.3, 0.4) is 0 Å². The fourth-order valence-electron chi connectivity index (χ4n) is 3.71. The zero-order valence-corrected chi connectivity index (χ0v) is 12.3. The van der Waals surface area contributed by atoms with Gasteiger partial charge in [-0.3, -0.25) is 4.90 Å². The highest BCUT2D eigenvalue weighted by atomic mass is 16.5. The molecule has 1 N–H and O–H groups in total. The molecule has 0 spiro atoms. The summed E-state index contributed by atoms with van der Waals surface area (Å²) in [6, 6.07) is 8.62. The fourth-order valence-corrected chi connectivity index (χ4v) is 3.71. The van der Waals surface area contributed by atoms with E-state index in [9.17, 15) is 5.11 Å². The van der Waals surface area contributed by atoms with E-state index in [0.29, 0.717) is 6.10 Å². The smallest absolute Gasteiger partial charge is 0.0947 e. The minimum Gasteiger partial charge on any atom is -0.387 e. The van der Waals surface area contributed by atoms with Gasteiger partial charge in [-0.15, -0.1) is 0 Å². The van der Waals surface area contributed by atoms with Crippen LogP contribution in [0.15, 0.2) is 24.3 Å². The van der Waals surface area contributed by atoms with Gasteiger partial charge in [-0.05, 0) is 43.7 Å². The molecule has 1 aromatic rings. The summed E-state index contributed by atoms with van der Waals surface area (Å²) < 4.78 is 5.71. The number of nitrogens with zero attached hydrogens (tertiary/aromatic N) is 1. The van der Waals surface area contributed by atoms with Gasteiger partial charge in [0.1, 0.15) is 0 Å². The molecule has 1 saturated heterocycles. The molecule has 1 heterocycles. The number of ether oxygens (including phenoxy) is 1.